The highest BCUT2D eigenvalue weighted by atomic mass is 79.9. The molecule has 0 saturated heterocycles. The van der Waals surface area contributed by atoms with Crippen molar-refractivity contribution in [3.8, 4) is 0 Å². The third-order valence-electron chi connectivity index (χ3n) is 2.52. The zero-order valence-electron chi connectivity index (χ0n) is 10.4. The number of rotatable bonds is 5. The summed E-state index contributed by atoms with van der Waals surface area (Å²) in [6, 6.07) is 5.39. The van der Waals surface area contributed by atoms with E-state index in [-0.39, 0.29) is 5.91 Å². The fourth-order valence-electron chi connectivity index (χ4n) is 1.75. The first-order chi connectivity index (χ1) is 8.10. The highest BCUT2D eigenvalue weighted by Crippen LogP contribution is 2.20. The van der Waals surface area contributed by atoms with E-state index in [1.165, 1.54) is 0 Å². The van der Waals surface area contributed by atoms with E-state index in [0.717, 1.165) is 30.4 Å². The van der Waals surface area contributed by atoms with Crippen LogP contribution >= 0.6 is 15.9 Å². The van der Waals surface area contributed by atoms with Crippen LogP contribution in [-0.2, 0) is 0 Å². The van der Waals surface area contributed by atoms with Gasteiger partial charge in [0.15, 0.2) is 0 Å². The molecule has 1 rings (SSSR count). The summed E-state index contributed by atoms with van der Waals surface area (Å²) < 4.78 is 0.893. The number of nitrogen functional groups attached to an aromatic ring is 1. The Morgan fingerprint density at radius 1 is 1.29 bits per heavy atom. The van der Waals surface area contributed by atoms with Crippen molar-refractivity contribution in [2.24, 2.45) is 0 Å². The normalized spacial score (nSPS) is 10.3. The molecule has 0 aliphatic rings. The molecule has 0 unspecified atom stereocenters. The summed E-state index contributed by atoms with van der Waals surface area (Å²) >= 11 is 3.34. The zero-order valence-corrected chi connectivity index (χ0v) is 12.0. The molecular formula is C13H19BrN2O. The molecule has 0 fully saturated rings. The van der Waals surface area contributed by atoms with Crippen molar-refractivity contribution in [2.45, 2.75) is 26.7 Å². The van der Waals surface area contributed by atoms with Crippen LogP contribution in [0.5, 0.6) is 0 Å². The molecule has 0 aromatic heterocycles. The maximum atomic E-state index is 12.3. The van der Waals surface area contributed by atoms with Gasteiger partial charge in [-0.25, -0.2) is 0 Å². The average molecular weight is 299 g/mol. The molecule has 2 N–H and O–H groups in total. The Labute approximate surface area is 111 Å². The third-order valence-corrected chi connectivity index (χ3v) is 3.01. The third kappa shape index (κ3) is 3.73. The van der Waals surface area contributed by atoms with Crippen LogP contribution in [0.2, 0.25) is 0 Å². The van der Waals surface area contributed by atoms with Crippen LogP contribution in [0.25, 0.3) is 0 Å². The fourth-order valence-corrected chi connectivity index (χ4v) is 2.13. The summed E-state index contributed by atoms with van der Waals surface area (Å²) in [5.74, 6) is 0.0266. The van der Waals surface area contributed by atoms with E-state index in [2.05, 4.69) is 29.8 Å². The summed E-state index contributed by atoms with van der Waals surface area (Å²) in [6.45, 7) is 5.70. The number of carbonyl (C=O) groups excluding carboxylic acids is 1. The monoisotopic (exact) mass is 298 g/mol. The SMILES string of the molecule is CCCN(CCC)C(=O)c1ccc(Br)cc1N. The molecular weight excluding hydrogens is 280 g/mol. The summed E-state index contributed by atoms with van der Waals surface area (Å²) in [6.07, 6.45) is 1.92. The Hall–Kier alpha value is -1.03. The first-order valence-electron chi connectivity index (χ1n) is 5.94. The van der Waals surface area contributed by atoms with Gasteiger partial charge >= 0.3 is 0 Å². The molecule has 3 nitrogen and oxygen atoms in total. The van der Waals surface area contributed by atoms with E-state index < -0.39 is 0 Å². The number of halogens is 1. The smallest absolute Gasteiger partial charge is 0.255 e. The van der Waals surface area contributed by atoms with Gasteiger partial charge in [-0.2, -0.15) is 0 Å². The van der Waals surface area contributed by atoms with Crippen LogP contribution in [0.1, 0.15) is 37.0 Å². The quantitative estimate of drug-likeness (QED) is 0.848. The van der Waals surface area contributed by atoms with E-state index in [4.69, 9.17) is 5.73 Å². The fraction of sp³-hybridized carbons (Fsp3) is 0.462. The van der Waals surface area contributed by atoms with Gasteiger partial charge in [-0.1, -0.05) is 29.8 Å². The minimum Gasteiger partial charge on any atom is -0.398 e. The summed E-state index contributed by atoms with van der Waals surface area (Å²) in [5.41, 5.74) is 7.00. The minimum atomic E-state index is 0.0266. The van der Waals surface area contributed by atoms with Crippen molar-refractivity contribution < 1.29 is 4.79 Å². The molecule has 1 aromatic rings. The van der Waals surface area contributed by atoms with Crippen molar-refractivity contribution in [3.05, 3.63) is 28.2 Å². The molecule has 94 valence electrons. The van der Waals surface area contributed by atoms with Gasteiger partial charge in [-0.15, -0.1) is 0 Å². The molecule has 0 aliphatic heterocycles. The van der Waals surface area contributed by atoms with E-state index in [0.29, 0.717) is 11.3 Å². The first-order valence-corrected chi connectivity index (χ1v) is 6.73. The Morgan fingerprint density at radius 2 is 1.88 bits per heavy atom. The number of carbonyl (C=O) groups is 1. The lowest BCUT2D eigenvalue weighted by Gasteiger charge is -2.22. The van der Waals surface area contributed by atoms with E-state index in [1.54, 1.807) is 12.1 Å². The van der Waals surface area contributed by atoms with Gasteiger partial charge in [-0.3, -0.25) is 4.79 Å². The molecule has 0 radical (unpaired) electrons. The van der Waals surface area contributed by atoms with Crippen molar-refractivity contribution >= 4 is 27.5 Å². The number of benzene rings is 1. The zero-order chi connectivity index (χ0) is 12.8. The number of amides is 1. The van der Waals surface area contributed by atoms with Crippen molar-refractivity contribution in [2.75, 3.05) is 18.8 Å². The Morgan fingerprint density at radius 3 is 2.35 bits per heavy atom. The van der Waals surface area contributed by atoms with Gasteiger partial charge in [-0.05, 0) is 31.0 Å². The summed E-state index contributed by atoms with van der Waals surface area (Å²) in [7, 11) is 0. The molecule has 17 heavy (non-hydrogen) atoms. The van der Waals surface area contributed by atoms with Gasteiger partial charge in [0.05, 0.1) is 5.56 Å². The number of anilines is 1. The molecule has 0 spiro atoms. The number of hydrogen-bond donors (Lipinski definition) is 1. The van der Waals surface area contributed by atoms with Gasteiger partial charge in [0.1, 0.15) is 0 Å². The predicted molar refractivity (Wildman–Crippen MR) is 75.0 cm³/mol. The maximum Gasteiger partial charge on any atom is 0.255 e. The van der Waals surface area contributed by atoms with Crippen LogP contribution in [0.4, 0.5) is 5.69 Å². The van der Waals surface area contributed by atoms with Crippen molar-refractivity contribution in [1.82, 2.24) is 4.90 Å². The molecule has 0 atom stereocenters. The van der Waals surface area contributed by atoms with Crippen molar-refractivity contribution in [1.29, 1.82) is 0 Å². The lowest BCUT2D eigenvalue weighted by molar-refractivity contribution is 0.0756. The number of nitrogens with zero attached hydrogens (tertiary/aromatic N) is 1. The molecule has 0 bridgehead atoms. The predicted octanol–water partition coefficient (Wildman–Crippen LogP) is 3.29. The highest BCUT2D eigenvalue weighted by Gasteiger charge is 2.16. The standard InChI is InChI=1S/C13H19BrN2O/c1-3-7-16(8-4-2)13(17)11-6-5-10(14)9-12(11)15/h5-6,9H,3-4,7-8,15H2,1-2H3. The molecule has 1 amide bonds. The second kappa shape index (κ2) is 6.64. The average Bonchev–Trinajstić information content (AvgIpc) is 2.28. The Balaban J connectivity index is 2.92. The highest BCUT2D eigenvalue weighted by molar-refractivity contribution is 9.10. The number of nitrogens with two attached hydrogens (primary N) is 1. The maximum absolute atomic E-state index is 12.3. The van der Waals surface area contributed by atoms with E-state index in [9.17, 15) is 4.79 Å². The topological polar surface area (TPSA) is 46.3 Å². The summed E-state index contributed by atoms with van der Waals surface area (Å²) in [4.78, 5) is 14.1. The molecule has 1 aromatic carbocycles. The van der Waals surface area contributed by atoms with Crippen LogP contribution in [0, 0.1) is 0 Å². The second-order valence-electron chi connectivity index (χ2n) is 4.02. The van der Waals surface area contributed by atoms with Crippen LogP contribution < -0.4 is 5.73 Å². The molecule has 4 heteroatoms. The van der Waals surface area contributed by atoms with Crippen LogP contribution in [0.15, 0.2) is 22.7 Å². The molecule has 0 aliphatic carbocycles. The van der Waals surface area contributed by atoms with Gasteiger partial charge in [0, 0.05) is 23.2 Å². The van der Waals surface area contributed by atoms with E-state index >= 15 is 0 Å². The summed E-state index contributed by atoms with van der Waals surface area (Å²) in [5, 5.41) is 0. The van der Waals surface area contributed by atoms with E-state index in [1.807, 2.05) is 11.0 Å². The first kappa shape index (κ1) is 14.0. The van der Waals surface area contributed by atoms with Gasteiger partial charge in [0.2, 0.25) is 0 Å². The van der Waals surface area contributed by atoms with Gasteiger partial charge < -0.3 is 10.6 Å². The minimum absolute atomic E-state index is 0.0266. The van der Waals surface area contributed by atoms with Crippen LogP contribution in [-0.4, -0.2) is 23.9 Å². The van der Waals surface area contributed by atoms with Crippen LogP contribution in [0.3, 0.4) is 0 Å². The number of hydrogen-bond acceptors (Lipinski definition) is 2. The van der Waals surface area contributed by atoms with Gasteiger partial charge in [0.25, 0.3) is 5.91 Å². The lowest BCUT2D eigenvalue weighted by atomic mass is 10.1. The second-order valence-corrected chi connectivity index (χ2v) is 4.94. The lowest BCUT2D eigenvalue weighted by Crippen LogP contribution is -2.32. The Kier molecular flexibility index (Phi) is 5.48. The molecule has 0 saturated carbocycles. The molecule has 0 heterocycles. The Bertz CT molecular complexity index is 387. The van der Waals surface area contributed by atoms with Crippen molar-refractivity contribution in [3.63, 3.8) is 0 Å². The largest absolute Gasteiger partial charge is 0.398 e.